The normalized spacial score (nSPS) is 17.2. The van der Waals surface area contributed by atoms with E-state index >= 15 is 0 Å². The quantitative estimate of drug-likeness (QED) is 0.190. The molecule has 1 N–H and O–H groups in total. The molecule has 0 spiro atoms. The molecule has 40 heavy (non-hydrogen) atoms. The molecule has 1 aromatic heterocycles. The van der Waals surface area contributed by atoms with Crippen LogP contribution in [0.1, 0.15) is 81.4 Å². The Bertz CT molecular complexity index is 1230. The summed E-state index contributed by atoms with van der Waals surface area (Å²) in [4.78, 5) is 43.8. The van der Waals surface area contributed by atoms with Crippen LogP contribution in [0.5, 0.6) is 0 Å². The summed E-state index contributed by atoms with van der Waals surface area (Å²) in [5.41, 5.74) is 1.16. The number of hydrogen-bond acceptors (Lipinski definition) is 8. The van der Waals surface area contributed by atoms with E-state index in [-0.39, 0.29) is 23.5 Å². The number of amides is 1. The van der Waals surface area contributed by atoms with E-state index in [0.29, 0.717) is 27.9 Å². The van der Waals surface area contributed by atoms with Gasteiger partial charge in [-0.1, -0.05) is 62.5 Å². The maximum atomic E-state index is 13.4. The van der Waals surface area contributed by atoms with Gasteiger partial charge in [-0.15, -0.1) is 0 Å². The van der Waals surface area contributed by atoms with Crippen molar-refractivity contribution >= 4 is 52.1 Å². The first kappa shape index (κ1) is 31.8. The minimum atomic E-state index is -0.729. The van der Waals surface area contributed by atoms with Gasteiger partial charge in [0.25, 0.3) is 11.5 Å². The standard InChI is InChI=1S/C29H41N5O4S2/c1-4-33-26(32-17-15-31(3)16-18-32)22(21(2)23(20-30)27(33)37)19-24-28(38)34(29(39)40-24)14-12-10-8-6-5-7-9-11-13-25(35)36/h19H,4-18H2,1-3H3,(H,35,36)/b24-19+. The van der Waals surface area contributed by atoms with Crippen molar-refractivity contribution < 1.29 is 14.7 Å². The molecule has 11 heteroatoms. The van der Waals surface area contributed by atoms with Gasteiger partial charge in [0.2, 0.25) is 0 Å². The van der Waals surface area contributed by atoms with Gasteiger partial charge in [0.15, 0.2) is 0 Å². The third kappa shape index (κ3) is 7.95. The van der Waals surface area contributed by atoms with Gasteiger partial charge < -0.3 is 14.9 Å². The van der Waals surface area contributed by atoms with Crippen molar-refractivity contribution in [1.82, 2.24) is 14.4 Å². The van der Waals surface area contributed by atoms with Gasteiger partial charge in [-0.3, -0.25) is 23.9 Å². The molecule has 1 aromatic rings. The minimum absolute atomic E-state index is 0.114. The number of nitrogens with zero attached hydrogens (tertiary/aromatic N) is 5. The summed E-state index contributed by atoms with van der Waals surface area (Å²) >= 11 is 6.86. The maximum absolute atomic E-state index is 13.4. The number of hydrogen-bond donors (Lipinski definition) is 1. The molecule has 0 atom stereocenters. The first-order valence-electron chi connectivity index (χ1n) is 14.3. The molecule has 0 aromatic carbocycles. The second kappa shape index (κ2) is 15.4. The van der Waals surface area contributed by atoms with Crippen molar-refractivity contribution in [2.45, 2.75) is 78.2 Å². The van der Waals surface area contributed by atoms with E-state index in [1.807, 2.05) is 13.0 Å². The van der Waals surface area contributed by atoms with E-state index in [0.717, 1.165) is 88.9 Å². The number of piperazine rings is 1. The molecule has 0 radical (unpaired) electrons. The number of nitriles is 1. The highest BCUT2D eigenvalue weighted by Crippen LogP contribution is 2.36. The van der Waals surface area contributed by atoms with E-state index in [4.69, 9.17) is 17.3 Å². The average Bonchev–Trinajstić information content (AvgIpc) is 3.19. The zero-order chi connectivity index (χ0) is 29.2. The first-order valence-corrected chi connectivity index (χ1v) is 15.5. The van der Waals surface area contributed by atoms with Crippen LogP contribution in [0.15, 0.2) is 9.70 Å². The van der Waals surface area contributed by atoms with Gasteiger partial charge in [0, 0.05) is 51.3 Å². The van der Waals surface area contributed by atoms with Crippen LogP contribution in [0.2, 0.25) is 0 Å². The van der Waals surface area contributed by atoms with Crippen LogP contribution in [0.3, 0.4) is 0 Å². The monoisotopic (exact) mass is 587 g/mol. The molecule has 2 saturated heterocycles. The van der Waals surface area contributed by atoms with Crippen molar-refractivity contribution in [1.29, 1.82) is 5.26 Å². The minimum Gasteiger partial charge on any atom is -0.481 e. The lowest BCUT2D eigenvalue weighted by Crippen LogP contribution is -2.47. The number of likely N-dealkylation sites (N-methyl/N-ethyl adjacent to an activating group) is 1. The Morgan fingerprint density at radius 3 is 2.23 bits per heavy atom. The Balaban J connectivity index is 1.69. The van der Waals surface area contributed by atoms with Crippen molar-refractivity contribution in [2.75, 3.05) is 44.7 Å². The molecule has 0 aliphatic carbocycles. The van der Waals surface area contributed by atoms with Gasteiger partial charge in [-0.05, 0) is 45.4 Å². The van der Waals surface area contributed by atoms with Crippen molar-refractivity contribution in [3.63, 3.8) is 0 Å². The van der Waals surface area contributed by atoms with Crippen LogP contribution in [0.25, 0.3) is 6.08 Å². The third-order valence-corrected chi connectivity index (χ3v) is 9.01. The number of carboxylic acids is 1. The van der Waals surface area contributed by atoms with Gasteiger partial charge >= 0.3 is 5.97 Å². The number of carbonyl (C=O) groups excluding carboxylic acids is 1. The number of thioether (sulfide) groups is 1. The van der Waals surface area contributed by atoms with Gasteiger partial charge in [0.05, 0.1) is 4.91 Å². The first-order chi connectivity index (χ1) is 19.2. The Labute approximate surface area is 246 Å². The molecule has 0 unspecified atom stereocenters. The number of aromatic nitrogens is 1. The Morgan fingerprint density at radius 2 is 1.65 bits per heavy atom. The van der Waals surface area contributed by atoms with E-state index in [1.165, 1.54) is 11.8 Å². The Kier molecular flexibility index (Phi) is 12.2. The van der Waals surface area contributed by atoms with Crippen molar-refractivity contribution in [3.8, 4) is 6.07 Å². The summed E-state index contributed by atoms with van der Waals surface area (Å²) < 4.78 is 2.20. The van der Waals surface area contributed by atoms with Crippen LogP contribution < -0.4 is 10.5 Å². The summed E-state index contributed by atoms with van der Waals surface area (Å²) in [6.45, 7) is 7.93. The molecule has 2 aliphatic heterocycles. The molecule has 9 nitrogen and oxygen atoms in total. The molecule has 3 heterocycles. The fourth-order valence-corrected chi connectivity index (χ4v) is 6.52. The topological polar surface area (TPSA) is 110 Å². The zero-order valence-corrected chi connectivity index (χ0v) is 25.5. The lowest BCUT2D eigenvalue weighted by molar-refractivity contribution is -0.137. The molecule has 2 aliphatic rings. The van der Waals surface area contributed by atoms with Crippen LogP contribution in [-0.2, 0) is 16.1 Å². The molecule has 1 amide bonds. The van der Waals surface area contributed by atoms with E-state index in [9.17, 15) is 19.6 Å². The molecule has 0 bridgehead atoms. The summed E-state index contributed by atoms with van der Waals surface area (Å²) in [6.07, 6.45) is 9.98. The predicted octanol–water partition coefficient (Wildman–Crippen LogP) is 4.60. The van der Waals surface area contributed by atoms with Crippen molar-refractivity contribution in [3.05, 3.63) is 31.9 Å². The summed E-state index contributed by atoms with van der Waals surface area (Å²) in [5.74, 6) is -0.0803. The van der Waals surface area contributed by atoms with Gasteiger partial charge in [-0.25, -0.2) is 0 Å². The number of carbonyl (C=O) groups is 2. The number of aliphatic carboxylic acids is 1. The summed E-state index contributed by atoms with van der Waals surface area (Å²) in [5, 5.41) is 18.5. The molecule has 3 rings (SSSR count). The van der Waals surface area contributed by atoms with E-state index in [2.05, 4.69) is 22.9 Å². The SMILES string of the molecule is CCn1c(N2CCN(C)CC2)c(/C=C2/SC(=S)N(CCCCCCCCCCC(=O)O)C2=O)c(C)c(C#N)c1=O. The van der Waals surface area contributed by atoms with E-state index in [1.54, 1.807) is 16.4 Å². The summed E-state index contributed by atoms with van der Waals surface area (Å²) in [6, 6.07) is 2.09. The Morgan fingerprint density at radius 1 is 1.05 bits per heavy atom. The molecular weight excluding hydrogens is 546 g/mol. The number of carboxylic acid groups (broad SMARTS) is 1. The number of pyridine rings is 1. The highest BCUT2D eigenvalue weighted by molar-refractivity contribution is 8.26. The molecule has 2 fully saturated rings. The van der Waals surface area contributed by atoms with E-state index < -0.39 is 5.97 Å². The van der Waals surface area contributed by atoms with Crippen LogP contribution >= 0.6 is 24.0 Å². The Hall–Kier alpha value is -2.68. The second-order valence-corrected chi connectivity index (χ2v) is 12.2. The molecule has 0 saturated carbocycles. The lowest BCUT2D eigenvalue weighted by atomic mass is 10.0. The van der Waals surface area contributed by atoms with Crippen LogP contribution in [-0.4, -0.2) is 75.4 Å². The summed E-state index contributed by atoms with van der Waals surface area (Å²) in [7, 11) is 2.08. The number of anilines is 1. The molecule has 218 valence electrons. The van der Waals surface area contributed by atoms with Crippen LogP contribution in [0.4, 0.5) is 5.82 Å². The fourth-order valence-electron chi connectivity index (χ4n) is 5.23. The second-order valence-electron chi connectivity index (χ2n) is 10.5. The molecular formula is C29H41N5O4S2. The average molecular weight is 588 g/mol. The van der Waals surface area contributed by atoms with Gasteiger partial charge in [0.1, 0.15) is 21.8 Å². The van der Waals surface area contributed by atoms with Gasteiger partial charge in [-0.2, -0.15) is 5.26 Å². The number of thiocarbonyl (C=S) groups is 1. The zero-order valence-electron chi connectivity index (χ0n) is 23.9. The largest absolute Gasteiger partial charge is 0.481 e. The maximum Gasteiger partial charge on any atom is 0.303 e. The number of rotatable bonds is 14. The smallest absolute Gasteiger partial charge is 0.303 e. The number of unbranched alkanes of at least 4 members (excludes halogenated alkanes) is 7. The van der Waals surface area contributed by atoms with Crippen LogP contribution in [0, 0.1) is 18.3 Å². The highest BCUT2D eigenvalue weighted by atomic mass is 32.2. The van der Waals surface area contributed by atoms with Crippen molar-refractivity contribution in [2.24, 2.45) is 0 Å². The fraction of sp³-hybridized carbons (Fsp3) is 0.621. The highest BCUT2D eigenvalue weighted by Gasteiger charge is 2.33. The third-order valence-electron chi connectivity index (χ3n) is 7.64. The predicted molar refractivity (Wildman–Crippen MR) is 165 cm³/mol. The lowest BCUT2D eigenvalue weighted by Gasteiger charge is -2.36.